The van der Waals surface area contributed by atoms with Crippen LogP contribution in [0.3, 0.4) is 0 Å². The molecular weight excluding hydrogens is 194 g/mol. The lowest BCUT2D eigenvalue weighted by molar-refractivity contribution is -0.122. The summed E-state index contributed by atoms with van der Waals surface area (Å²) in [5.74, 6) is 0.00833. The van der Waals surface area contributed by atoms with E-state index in [4.69, 9.17) is 5.11 Å². The van der Waals surface area contributed by atoms with Gasteiger partial charge in [0.1, 0.15) is 0 Å². The Labute approximate surface area is 91.0 Å². The molecule has 0 saturated carbocycles. The third-order valence-corrected chi connectivity index (χ3v) is 2.71. The lowest BCUT2D eigenvalue weighted by Crippen LogP contribution is -2.49. The highest BCUT2D eigenvalue weighted by Gasteiger charge is 2.17. The number of hydrogen-bond donors (Lipinski definition) is 2. The van der Waals surface area contributed by atoms with Crippen molar-refractivity contribution in [1.82, 2.24) is 15.1 Å². The number of aliphatic hydroxyl groups excluding tert-OH is 1. The van der Waals surface area contributed by atoms with Crippen LogP contribution in [0.25, 0.3) is 0 Å². The molecule has 1 amide bonds. The van der Waals surface area contributed by atoms with Gasteiger partial charge in [0.2, 0.25) is 5.91 Å². The van der Waals surface area contributed by atoms with Gasteiger partial charge in [-0.15, -0.1) is 0 Å². The van der Waals surface area contributed by atoms with Crippen molar-refractivity contribution < 1.29 is 9.90 Å². The fourth-order valence-corrected chi connectivity index (χ4v) is 1.72. The van der Waals surface area contributed by atoms with Gasteiger partial charge in [0.15, 0.2) is 0 Å². The summed E-state index contributed by atoms with van der Waals surface area (Å²) in [6.07, 6.45) is 0. The first-order chi connectivity index (χ1) is 7.26. The molecule has 0 radical (unpaired) electrons. The molecule has 2 N–H and O–H groups in total. The van der Waals surface area contributed by atoms with Gasteiger partial charge in [0.25, 0.3) is 0 Å². The number of likely N-dealkylation sites (N-methyl/N-ethyl adjacent to an activating group) is 1. The molecule has 0 bridgehead atoms. The normalized spacial score (nSPS) is 19.1. The van der Waals surface area contributed by atoms with Crippen molar-refractivity contribution in [3.8, 4) is 0 Å². The molecule has 0 aromatic heterocycles. The molecular formula is C10H21N3O2. The van der Waals surface area contributed by atoms with Gasteiger partial charge in [-0.2, -0.15) is 0 Å². The zero-order valence-corrected chi connectivity index (χ0v) is 9.41. The zero-order valence-electron chi connectivity index (χ0n) is 9.41. The maximum absolute atomic E-state index is 11.3. The van der Waals surface area contributed by atoms with Crippen LogP contribution in [0.4, 0.5) is 0 Å². The molecule has 1 aliphatic rings. The van der Waals surface area contributed by atoms with Crippen molar-refractivity contribution >= 4 is 5.91 Å². The van der Waals surface area contributed by atoms with E-state index in [2.05, 4.69) is 22.0 Å². The highest BCUT2D eigenvalue weighted by molar-refractivity contribution is 5.77. The summed E-state index contributed by atoms with van der Waals surface area (Å²) in [6, 6.07) is 0. The first-order valence-electron chi connectivity index (χ1n) is 5.58. The van der Waals surface area contributed by atoms with Gasteiger partial charge in [-0.1, -0.05) is 6.92 Å². The van der Waals surface area contributed by atoms with Crippen molar-refractivity contribution in [3.05, 3.63) is 0 Å². The number of nitrogens with zero attached hydrogens (tertiary/aromatic N) is 2. The van der Waals surface area contributed by atoms with E-state index in [9.17, 15) is 4.79 Å². The van der Waals surface area contributed by atoms with Gasteiger partial charge >= 0.3 is 0 Å². The fourth-order valence-electron chi connectivity index (χ4n) is 1.72. The minimum absolute atomic E-state index is 0.00833. The Bertz CT molecular complexity index is 191. The predicted octanol–water partition coefficient (Wildman–Crippen LogP) is -1.27. The van der Waals surface area contributed by atoms with E-state index in [-0.39, 0.29) is 12.5 Å². The third-order valence-electron chi connectivity index (χ3n) is 2.71. The van der Waals surface area contributed by atoms with Crippen LogP contribution in [-0.4, -0.2) is 73.2 Å². The summed E-state index contributed by atoms with van der Waals surface area (Å²) >= 11 is 0. The third kappa shape index (κ3) is 4.59. The fraction of sp³-hybridized carbons (Fsp3) is 0.900. The molecule has 1 fully saturated rings. The summed E-state index contributed by atoms with van der Waals surface area (Å²) < 4.78 is 0. The zero-order chi connectivity index (χ0) is 11.1. The Hall–Kier alpha value is -0.650. The molecule has 0 aromatic carbocycles. The van der Waals surface area contributed by atoms with Crippen LogP contribution in [0.15, 0.2) is 0 Å². The Morgan fingerprint density at radius 3 is 2.40 bits per heavy atom. The van der Waals surface area contributed by atoms with Crippen molar-refractivity contribution in [2.75, 3.05) is 52.4 Å². The topological polar surface area (TPSA) is 55.8 Å². The van der Waals surface area contributed by atoms with Crippen LogP contribution in [0, 0.1) is 0 Å². The average molecular weight is 215 g/mol. The molecule has 0 unspecified atom stereocenters. The second kappa shape index (κ2) is 6.76. The van der Waals surface area contributed by atoms with E-state index in [1.54, 1.807) is 0 Å². The number of rotatable bonds is 5. The van der Waals surface area contributed by atoms with Gasteiger partial charge in [-0.05, 0) is 6.54 Å². The number of carbonyl (C=O) groups is 1. The van der Waals surface area contributed by atoms with E-state index in [1.807, 2.05) is 0 Å². The van der Waals surface area contributed by atoms with Crippen molar-refractivity contribution in [2.24, 2.45) is 0 Å². The maximum Gasteiger partial charge on any atom is 0.234 e. The standard InChI is InChI=1S/C10H21N3O2/c1-2-12-4-6-13(7-5-12)9-10(15)11-3-8-14/h14H,2-9H2,1H3,(H,11,15). The first-order valence-corrected chi connectivity index (χ1v) is 5.58. The predicted molar refractivity (Wildman–Crippen MR) is 58.6 cm³/mol. The Balaban J connectivity index is 2.15. The molecule has 1 heterocycles. The number of carbonyl (C=O) groups excluding carboxylic acids is 1. The van der Waals surface area contributed by atoms with Crippen LogP contribution < -0.4 is 5.32 Å². The van der Waals surface area contributed by atoms with E-state index >= 15 is 0 Å². The van der Waals surface area contributed by atoms with Gasteiger partial charge in [-0.3, -0.25) is 9.69 Å². The molecule has 0 aromatic rings. The van der Waals surface area contributed by atoms with E-state index < -0.39 is 0 Å². The molecule has 0 atom stereocenters. The number of hydrogen-bond acceptors (Lipinski definition) is 4. The quantitative estimate of drug-likeness (QED) is 0.600. The number of amides is 1. The van der Waals surface area contributed by atoms with Crippen molar-refractivity contribution in [2.45, 2.75) is 6.92 Å². The smallest absolute Gasteiger partial charge is 0.234 e. The highest BCUT2D eigenvalue weighted by atomic mass is 16.3. The first kappa shape index (κ1) is 12.4. The molecule has 5 nitrogen and oxygen atoms in total. The molecule has 0 aliphatic carbocycles. The molecule has 5 heteroatoms. The van der Waals surface area contributed by atoms with Crippen molar-refractivity contribution in [3.63, 3.8) is 0 Å². The largest absolute Gasteiger partial charge is 0.395 e. The van der Waals surface area contributed by atoms with Crippen LogP contribution in [0.5, 0.6) is 0 Å². The number of nitrogens with one attached hydrogen (secondary N) is 1. The van der Waals surface area contributed by atoms with Crippen LogP contribution in [-0.2, 0) is 4.79 Å². The van der Waals surface area contributed by atoms with Crippen molar-refractivity contribution in [1.29, 1.82) is 0 Å². The highest BCUT2D eigenvalue weighted by Crippen LogP contribution is 1.99. The second-order valence-corrected chi connectivity index (χ2v) is 3.78. The maximum atomic E-state index is 11.3. The van der Waals surface area contributed by atoms with Gasteiger partial charge in [0, 0.05) is 32.7 Å². The summed E-state index contributed by atoms with van der Waals surface area (Å²) in [4.78, 5) is 15.9. The Kier molecular flexibility index (Phi) is 5.60. The molecule has 88 valence electrons. The summed E-state index contributed by atoms with van der Waals surface area (Å²) in [5, 5.41) is 11.2. The molecule has 15 heavy (non-hydrogen) atoms. The monoisotopic (exact) mass is 215 g/mol. The summed E-state index contributed by atoms with van der Waals surface area (Å²) in [6.45, 7) is 8.07. The lowest BCUT2D eigenvalue weighted by atomic mass is 10.3. The van der Waals surface area contributed by atoms with Gasteiger partial charge in [-0.25, -0.2) is 0 Å². The molecule has 1 aliphatic heterocycles. The van der Waals surface area contributed by atoms with Gasteiger partial charge in [0.05, 0.1) is 13.2 Å². The SMILES string of the molecule is CCN1CCN(CC(=O)NCCO)CC1. The number of aliphatic hydroxyl groups is 1. The molecule has 1 rings (SSSR count). The molecule has 1 saturated heterocycles. The van der Waals surface area contributed by atoms with Crippen LogP contribution in [0.2, 0.25) is 0 Å². The Morgan fingerprint density at radius 2 is 1.87 bits per heavy atom. The second-order valence-electron chi connectivity index (χ2n) is 3.78. The summed E-state index contributed by atoms with van der Waals surface area (Å²) in [7, 11) is 0. The Morgan fingerprint density at radius 1 is 1.27 bits per heavy atom. The minimum atomic E-state index is 0.00833. The molecule has 0 spiro atoms. The number of piperazine rings is 1. The van der Waals surface area contributed by atoms with E-state index in [0.29, 0.717) is 13.1 Å². The van der Waals surface area contributed by atoms with E-state index in [1.165, 1.54) is 0 Å². The average Bonchev–Trinajstić information content (AvgIpc) is 2.27. The van der Waals surface area contributed by atoms with Gasteiger partial charge < -0.3 is 15.3 Å². The minimum Gasteiger partial charge on any atom is -0.395 e. The van der Waals surface area contributed by atoms with Crippen LogP contribution >= 0.6 is 0 Å². The van der Waals surface area contributed by atoms with E-state index in [0.717, 1.165) is 32.7 Å². The summed E-state index contributed by atoms with van der Waals surface area (Å²) in [5.41, 5.74) is 0. The lowest BCUT2D eigenvalue weighted by Gasteiger charge is -2.33. The van der Waals surface area contributed by atoms with Crippen LogP contribution in [0.1, 0.15) is 6.92 Å².